The Balaban J connectivity index is 1.75. The van der Waals surface area contributed by atoms with E-state index in [4.69, 9.17) is 9.15 Å². The number of aromatic nitrogens is 1. The molecule has 212 valence electrons. The molecule has 0 unspecified atom stereocenters. The molecule has 1 saturated heterocycles. The molecule has 0 bridgehead atoms. The van der Waals surface area contributed by atoms with Crippen LogP contribution in [0.2, 0.25) is 0 Å². The molecule has 4 rings (SSSR count). The first-order valence-electron chi connectivity index (χ1n) is 12.5. The number of ether oxygens (including phenoxy) is 1. The highest BCUT2D eigenvalue weighted by molar-refractivity contribution is 7.92. The largest absolute Gasteiger partial charge is 0.434 e. The van der Waals surface area contributed by atoms with Crippen molar-refractivity contribution in [3.63, 3.8) is 0 Å². The van der Waals surface area contributed by atoms with Crippen LogP contribution < -0.4 is 14.4 Å². The SMILES string of the molecule is CCc1cc2c(OC(=O)NC)c(-c3ccc(F)cc3)oc2nc1N(CCCN1CCCCS1(=O)=O)S(C)(=O)=O. The molecular formula is C25H31FN4O7S2. The maximum atomic E-state index is 13.6. The van der Waals surface area contributed by atoms with E-state index in [1.54, 1.807) is 6.07 Å². The van der Waals surface area contributed by atoms with Crippen LogP contribution in [-0.2, 0) is 26.5 Å². The number of fused-ring (bicyclic) bond motifs is 1. The normalized spacial score (nSPS) is 15.8. The van der Waals surface area contributed by atoms with Crippen molar-refractivity contribution in [2.45, 2.75) is 32.6 Å². The van der Waals surface area contributed by atoms with Gasteiger partial charge < -0.3 is 14.5 Å². The lowest BCUT2D eigenvalue weighted by Crippen LogP contribution is -2.40. The fourth-order valence-electron chi connectivity index (χ4n) is 4.46. The Kier molecular flexibility index (Phi) is 8.47. The predicted octanol–water partition coefficient (Wildman–Crippen LogP) is 3.50. The minimum atomic E-state index is -3.81. The number of hydrogen-bond acceptors (Lipinski definition) is 8. The summed E-state index contributed by atoms with van der Waals surface area (Å²) in [5.41, 5.74) is 0.995. The second-order valence-electron chi connectivity index (χ2n) is 9.19. The number of sulfonamides is 2. The molecule has 1 fully saturated rings. The lowest BCUT2D eigenvalue weighted by atomic mass is 10.1. The lowest BCUT2D eigenvalue weighted by Gasteiger charge is -2.28. The van der Waals surface area contributed by atoms with Crippen LogP contribution in [0.5, 0.6) is 5.75 Å². The molecule has 3 aromatic rings. The fourth-order valence-corrected chi connectivity index (χ4v) is 7.03. The number of carbonyl (C=O) groups is 1. The van der Waals surface area contributed by atoms with Crippen LogP contribution in [0.15, 0.2) is 34.7 Å². The van der Waals surface area contributed by atoms with Crippen LogP contribution in [0, 0.1) is 5.82 Å². The number of anilines is 1. The van der Waals surface area contributed by atoms with E-state index in [2.05, 4.69) is 10.3 Å². The molecule has 1 amide bonds. The van der Waals surface area contributed by atoms with E-state index in [-0.39, 0.29) is 48.3 Å². The summed E-state index contributed by atoms with van der Waals surface area (Å²) in [5, 5.41) is 2.71. The number of halogens is 1. The van der Waals surface area contributed by atoms with Crippen LogP contribution in [0.3, 0.4) is 0 Å². The molecule has 0 atom stereocenters. The summed E-state index contributed by atoms with van der Waals surface area (Å²) in [5.74, 6) is -0.0399. The highest BCUT2D eigenvalue weighted by atomic mass is 32.2. The summed E-state index contributed by atoms with van der Waals surface area (Å²) in [4.78, 5) is 16.7. The van der Waals surface area contributed by atoms with Crippen molar-refractivity contribution >= 4 is 43.1 Å². The first-order chi connectivity index (χ1) is 18.4. The number of benzene rings is 1. The van der Waals surface area contributed by atoms with Gasteiger partial charge in [0.25, 0.3) is 0 Å². The van der Waals surface area contributed by atoms with Gasteiger partial charge in [0.2, 0.25) is 25.8 Å². The van der Waals surface area contributed by atoms with Gasteiger partial charge in [0.15, 0.2) is 11.5 Å². The number of hydrogen-bond donors (Lipinski definition) is 1. The van der Waals surface area contributed by atoms with Crippen molar-refractivity contribution in [3.8, 4) is 17.1 Å². The van der Waals surface area contributed by atoms with Gasteiger partial charge in [-0.05, 0) is 61.6 Å². The molecule has 1 aliphatic rings. The Labute approximate surface area is 227 Å². The van der Waals surface area contributed by atoms with E-state index in [1.165, 1.54) is 35.6 Å². The molecule has 0 radical (unpaired) electrons. The summed E-state index contributed by atoms with van der Waals surface area (Å²) in [7, 11) is -5.75. The summed E-state index contributed by atoms with van der Waals surface area (Å²) in [6, 6.07) is 7.04. The van der Waals surface area contributed by atoms with Gasteiger partial charge in [-0.15, -0.1) is 0 Å². The molecule has 1 aliphatic heterocycles. The molecule has 1 N–H and O–H groups in total. The van der Waals surface area contributed by atoms with E-state index in [0.717, 1.165) is 17.0 Å². The minimum Gasteiger partial charge on any atom is -0.434 e. The summed E-state index contributed by atoms with van der Waals surface area (Å²) < 4.78 is 78.0. The second kappa shape index (κ2) is 11.5. The number of furan rings is 1. The van der Waals surface area contributed by atoms with Gasteiger partial charge in [0, 0.05) is 32.2 Å². The van der Waals surface area contributed by atoms with Gasteiger partial charge in [0.1, 0.15) is 11.6 Å². The third kappa shape index (κ3) is 6.34. The second-order valence-corrected chi connectivity index (χ2v) is 13.2. The Morgan fingerprint density at radius 2 is 1.97 bits per heavy atom. The van der Waals surface area contributed by atoms with Crippen LogP contribution in [0.25, 0.3) is 22.4 Å². The molecule has 39 heavy (non-hydrogen) atoms. The van der Waals surface area contributed by atoms with E-state index in [0.29, 0.717) is 35.9 Å². The number of amides is 1. The van der Waals surface area contributed by atoms with Crippen molar-refractivity contribution in [3.05, 3.63) is 41.7 Å². The van der Waals surface area contributed by atoms with Crippen LogP contribution in [-0.4, -0.2) is 70.9 Å². The smallest absolute Gasteiger partial charge is 0.412 e. The highest BCUT2D eigenvalue weighted by Crippen LogP contribution is 2.41. The maximum absolute atomic E-state index is 13.6. The van der Waals surface area contributed by atoms with Gasteiger partial charge in [-0.1, -0.05) is 6.92 Å². The number of rotatable bonds is 9. The predicted molar refractivity (Wildman–Crippen MR) is 145 cm³/mol. The van der Waals surface area contributed by atoms with Gasteiger partial charge in [0.05, 0.1) is 17.4 Å². The van der Waals surface area contributed by atoms with E-state index < -0.39 is 32.0 Å². The van der Waals surface area contributed by atoms with Crippen LogP contribution >= 0.6 is 0 Å². The van der Waals surface area contributed by atoms with Crippen molar-refractivity contribution in [2.75, 3.05) is 43.0 Å². The highest BCUT2D eigenvalue weighted by Gasteiger charge is 2.29. The summed E-state index contributed by atoms with van der Waals surface area (Å²) >= 11 is 0. The molecule has 0 aliphatic carbocycles. The zero-order valence-electron chi connectivity index (χ0n) is 21.9. The van der Waals surface area contributed by atoms with Crippen molar-refractivity contribution in [1.29, 1.82) is 0 Å². The van der Waals surface area contributed by atoms with Gasteiger partial charge in [-0.3, -0.25) is 4.31 Å². The molecule has 14 heteroatoms. The van der Waals surface area contributed by atoms with E-state index in [1.807, 2.05) is 6.92 Å². The topological polar surface area (TPSA) is 139 Å². The first kappa shape index (κ1) is 28.8. The number of aryl methyl sites for hydroxylation is 1. The number of nitrogens with one attached hydrogen (secondary N) is 1. The fraction of sp³-hybridized carbons (Fsp3) is 0.440. The Hall–Kier alpha value is -3.23. The average Bonchev–Trinajstić information content (AvgIpc) is 3.23. The molecule has 11 nitrogen and oxygen atoms in total. The third-order valence-corrected chi connectivity index (χ3v) is 9.55. The lowest BCUT2D eigenvalue weighted by molar-refractivity contribution is 0.203. The summed E-state index contributed by atoms with van der Waals surface area (Å²) in [6.45, 7) is 2.44. The van der Waals surface area contributed by atoms with Gasteiger partial charge in [-0.2, -0.15) is 4.98 Å². The molecule has 0 spiro atoms. The average molecular weight is 583 g/mol. The van der Waals surface area contributed by atoms with E-state index in [9.17, 15) is 26.0 Å². The molecule has 0 saturated carbocycles. The zero-order chi connectivity index (χ0) is 28.4. The number of nitrogens with zero attached hydrogens (tertiary/aromatic N) is 3. The van der Waals surface area contributed by atoms with Crippen LogP contribution in [0.4, 0.5) is 15.0 Å². The van der Waals surface area contributed by atoms with Crippen LogP contribution in [0.1, 0.15) is 31.7 Å². The third-order valence-electron chi connectivity index (χ3n) is 6.44. The zero-order valence-corrected chi connectivity index (χ0v) is 23.6. The maximum Gasteiger partial charge on any atom is 0.412 e. The monoisotopic (exact) mass is 582 g/mol. The minimum absolute atomic E-state index is 0.00346. The number of pyridine rings is 1. The van der Waals surface area contributed by atoms with Gasteiger partial charge >= 0.3 is 6.09 Å². The number of carbonyl (C=O) groups excluding carboxylic acids is 1. The van der Waals surface area contributed by atoms with Crippen molar-refractivity contribution < 1.29 is 35.2 Å². The Bertz CT molecular complexity index is 1570. The molecule has 3 heterocycles. The van der Waals surface area contributed by atoms with Gasteiger partial charge in [-0.25, -0.2) is 30.3 Å². The molecule has 1 aromatic carbocycles. The van der Waals surface area contributed by atoms with E-state index >= 15 is 0 Å². The molecule has 2 aromatic heterocycles. The summed E-state index contributed by atoms with van der Waals surface area (Å²) in [6.07, 6.45) is 2.34. The first-order valence-corrected chi connectivity index (χ1v) is 16.0. The standard InChI is InChI=1S/C25H31FN4O7S2/c1-4-17-16-20-22(37-25(31)27-2)21(18-8-10-19(26)11-9-18)36-24(20)28-23(17)30(38(3,32)33)14-7-13-29-12-5-6-15-39(29,34)35/h8-11,16H,4-7,12-15H2,1-3H3,(H,27,31). The Morgan fingerprint density at radius 3 is 2.59 bits per heavy atom. The quantitative estimate of drug-likeness (QED) is 0.405. The molecular weight excluding hydrogens is 551 g/mol. The Morgan fingerprint density at radius 1 is 1.26 bits per heavy atom. The van der Waals surface area contributed by atoms with Crippen molar-refractivity contribution in [1.82, 2.24) is 14.6 Å². The van der Waals surface area contributed by atoms with Crippen molar-refractivity contribution in [2.24, 2.45) is 0 Å².